The fourth-order valence-electron chi connectivity index (χ4n) is 2.71. The second kappa shape index (κ2) is 9.20. The van der Waals surface area contributed by atoms with Crippen LogP contribution in [0, 0.1) is 25.2 Å². The molecule has 0 saturated carbocycles. The van der Waals surface area contributed by atoms with Gasteiger partial charge in [-0.2, -0.15) is 5.26 Å². The minimum absolute atomic E-state index is 0.0537. The van der Waals surface area contributed by atoms with Crippen molar-refractivity contribution >= 4 is 17.7 Å². The van der Waals surface area contributed by atoms with Crippen LogP contribution in [0.25, 0.3) is 5.69 Å². The molecule has 28 heavy (non-hydrogen) atoms. The average Bonchev–Trinajstić information content (AvgIpc) is 3.17. The molecule has 0 aliphatic rings. The number of benzene rings is 2. The third-order valence-corrected chi connectivity index (χ3v) is 5.37. The largest absolute Gasteiger partial charge is 0.324 e. The van der Waals surface area contributed by atoms with Crippen LogP contribution in [0.3, 0.4) is 0 Å². The Morgan fingerprint density at radius 2 is 1.96 bits per heavy atom. The highest BCUT2D eigenvalue weighted by molar-refractivity contribution is 7.99. The standard InChI is InChI=1S/C21H21N5OS/c1-16-8-9-19(12-17(16)2)26-15-23-24-21(26)28-14-20(27)25(11-10-22)13-18-6-4-3-5-7-18/h3-9,12,15H,11,13-14H2,1-2H3. The highest BCUT2D eigenvalue weighted by Gasteiger charge is 2.16. The average molecular weight is 392 g/mol. The number of hydrogen-bond acceptors (Lipinski definition) is 5. The van der Waals surface area contributed by atoms with Crippen molar-refractivity contribution in [3.05, 3.63) is 71.5 Å². The fraction of sp³-hybridized carbons (Fsp3) is 0.238. The third-order valence-electron chi connectivity index (χ3n) is 4.44. The Morgan fingerprint density at radius 3 is 2.68 bits per heavy atom. The second-order valence-electron chi connectivity index (χ2n) is 6.43. The van der Waals surface area contributed by atoms with Gasteiger partial charge in [0.05, 0.1) is 11.8 Å². The molecule has 142 valence electrons. The second-order valence-corrected chi connectivity index (χ2v) is 7.38. The molecule has 0 bridgehead atoms. The maximum Gasteiger partial charge on any atom is 0.234 e. The van der Waals surface area contributed by atoms with Gasteiger partial charge in [0.15, 0.2) is 5.16 Å². The van der Waals surface area contributed by atoms with E-state index in [4.69, 9.17) is 5.26 Å². The van der Waals surface area contributed by atoms with E-state index in [1.54, 1.807) is 11.2 Å². The van der Waals surface area contributed by atoms with Crippen molar-refractivity contribution in [3.8, 4) is 11.8 Å². The van der Waals surface area contributed by atoms with Gasteiger partial charge in [-0.3, -0.25) is 9.36 Å². The van der Waals surface area contributed by atoms with Crippen LogP contribution in [0.4, 0.5) is 0 Å². The molecule has 0 saturated heterocycles. The topological polar surface area (TPSA) is 74.8 Å². The first-order valence-corrected chi connectivity index (χ1v) is 9.86. The van der Waals surface area contributed by atoms with Crippen molar-refractivity contribution in [2.45, 2.75) is 25.5 Å². The molecule has 1 aromatic heterocycles. The summed E-state index contributed by atoms with van der Waals surface area (Å²) in [5, 5.41) is 17.9. The fourth-order valence-corrected chi connectivity index (χ4v) is 3.55. The molecule has 0 spiro atoms. The van der Waals surface area contributed by atoms with Crippen LogP contribution in [-0.2, 0) is 11.3 Å². The number of nitrogens with zero attached hydrogens (tertiary/aromatic N) is 5. The van der Waals surface area contributed by atoms with Crippen LogP contribution < -0.4 is 0 Å². The van der Waals surface area contributed by atoms with Gasteiger partial charge in [0.1, 0.15) is 12.9 Å². The SMILES string of the molecule is Cc1ccc(-n2cnnc2SCC(=O)N(CC#N)Cc2ccccc2)cc1C. The van der Waals surface area contributed by atoms with E-state index in [9.17, 15) is 4.79 Å². The zero-order valence-corrected chi connectivity index (χ0v) is 16.7. The highest BCUT2D eigenvalue weighted by Crippen LogP contribution is 2.22. The summed E-state index contributed by atoms with van der Waals surface area (Å²) in [6.45, 7) is 4.59. The normalized spacial score (nSPS) is 10.5. The Kier molecular flexibility index (Phi) is 6.45. The van der Waals surface area contributed by atoms with E-state index in [0.717, 1.165) is 11.3 Å². The number of aryl methyl sites for hydroxylation is 2. The summed E-state index contributed by atoms with van der Waals surface area (Å²) in [6.07, 6.45) is 1.65. The van der Waals surface area contributed by atoms with Crippen LogP contribution in [0.5, 0.6) is 0 Å². The Morgan fingerprint density at radius 1 is 1.18 bits per heavy atom. The van der Waals surface area contributed by atoms with Gasteiger partial charge in [-0.25, -0.2) is 0 Å². The van der Waals surface area contributed by atoms with E-state index >= 15 is 0 Å². The molecule has 0 atom stereocenters. The molecule has 0 radical (unpaired) electrons. The van der Waals surface area contributed by atoms with Crippen LogP contribution in [0.15, 0.2) is 60.0 Å². The molecular weight excluding hydrogens is 370 g/mol. The molecule has 2 aromatic carbocycles. The summed E-state index contributed by atoms with van der Waals surface area (Å²) in [7, 11) is 0. The lowest BCUT2D eigenvalue weighted by Crippen LogP contribution is -2.32. The minimum Gasteiger partial charge on any atom is -0.324 e. The molecular formula is C21H21N5OS. The van der Waals surface area contributed by atoms with E-state index in [2.05, 4.69) is 42.2 Å². The molecule has 0 aliphatic carbocycles. The van der Waals surface area contributed by atoms with Gasteiger partial charge in [-0.05, 0) is 42.7 Å². The maximum absolute atomic E-state index is 12.7. The molecule has 0 unspecified atom stereocenters. The summed E-state index contributed by atoms with van der Waals surface area (Å²) in [5.74, 6) is 0.0861. The summed E-state index contributed by atoms with van der Waals surface area (Å²) in [4.78, 5) is 14.2. The first-order valence-electron chi connectivity index (χ1n) is 8.87. The van der Waals surface area contributed by atoms with E-state index < -0.39 is 0 Å². The molecule has 0 aliphatic heterocycles. The molecule has 1 amide bonds. The number of carbonyl (C=O) groups is 1. The van der Waals surface area contributed by atoms with Gasteiger partial charge >= 0.3 is 0 Å². The first kappa shape index (κ1) is 19.6. The van der Waals surface area contributed by atoms with E-state index in [1.165, 1.54) is 22.9 Å². The highest BCUT2D eigenvalue weighted by atomic mass is 32.2. The number of amides is 1. The number of thioether (sulfide) groups is 1. The molecule has 1 heterocycles. The van der Waals surface area contributed by atoms with Gasteiger partial charge in [0.25, 0.3) is 0 Å². The maximum atomic E-state index is 12.7. The number of carbonyl (C=O) groups excluding carboxylic acids is 1. The monoisotopic (exact) mass is 391 g/mol. The lowest BCUT2D eigenvalue weighted by Gasteiger charge is -2.19. The van der Waals surface area contributed by atoms with Crippen molar-refractivity contribution in [2.75, 3.05) is 12.3 Å². The number of nitriles is 1. The van der Waals surface area contributed by atoms with Crippen molar-refractivity contribution in [1.29, 1.82) is 5.26 Å². The summed E-state index contributed by atoms with van der Waals surface area (Å²) >= 11 is 1.32. The van der Waals surface area contributed by atoms with Crippen LogP contribution in [0.2, 0.25) is 0 Å². The van der Waals surface area contributed by atoms with Gasteiger partial charge in [-0.1, -0.05) is 48.2 Å². The van der Waals surface area contributed by atoms with Gasteiger partial charge in [0, 0.05) is 12.2 Å². The minimum atomic E-state index is -0.106. The van der Waals surface area contributed by atoms with E-state index in [0.29, 0.717) is 11.7 Å². The Hall–Kier alpha value is -3.11. The van der Waals surface area contributed by atoms with Gasteiger partial charge < -0.3 is 4.90 Å². The lowest BCUT2D eigenvalue weighted by molar-refractivity contribution is -0.128. The van der Waals surface area contributed by atoms with Crippen LogP contribution in [0.1, 0.15) is 16.7 Å². The number of aromatic nitrogens is 3. The predicted molar refractivity (Wildman–Crippen MR) is 109 cm³/mol. The Labute approximate surface area is 168 Å². The van der Waals surface area contributed by atoms with E-state index in [1.807, 2.05) is 41.0 Å². The number of hydrogen-bond donors (Lipinski definition) is 0. The molecule has 3 rings (SSSR count). The third kappa shape index (κ3) is 4.78. The Balaban J connectivity index is 1.69. The van der Waals surface area contributed by atoms with Crippen molar-refractivity contribution in [1.82, 2.24) is 19.7 Å². The zero-order chi connectivity index (χ0) is 19.9. The van der Waals surface area contributed by atoms with Crippen LogP contribution in [-0.4, -0.2) is 37.9 Å². The molecule has 6 nitrogen and oxygen atoms in total. The summed E-state index contributed by atoms with van der Waals surface area (Å²) in [5.41, 5.74) is 4.35. The summed E-state index contributed by atoms with van der Waals surface area (Å²) in [6, 6.07) is 17.9. The van der Waals surface area contributed by atoms with Crippen molar-refractivity contribution in [3.63, 3.8) is 0 Å². The molecule has 0 fully saturated rings. The molecule has 7 heteroatoms. The molecule has 0 N–H and O–H groups in total. The van der Waals surface area contributed by atoms with Crippen molar-refractivity contribution in [2.24, 2.45) is 0 Å². The first-order chi connectivity index (χ1) is 13.6. The summed E-state index contributed by atoms with van der Waals surface area (Å²) < 4.78 is 1.87. The Bertz CT molecular complexity index is 994. The zero-order valence-electron chi connectivity index (χ0n) is 15.9. The number of rotatable bonds is 7. The van der Waals surface area contributed by atoms with E-state index in [-0.39, 0.29) is 18.2 Å². The lowest BCUT2D eigenvalue weighted by atomic mass is 10.1. The van der Waals surface area contributed by atoms with Gasteiger partial charge in [-0.15, -0.1) is 10.2 Å². The predicted octanol–water partition coefficient (Wildman–Crippen LogP) is 3.53. The van der Waals surface area contributed by atoms with Gasteiger partial charge in [0.2, 0.25) is 5.91 Å². The smallest absolute Gasteiger partial charge is 0.234 e. The van der Waals surface area contributed by atoms with Crippen molar-refractivity contribution < 1.29 is 4.79 Å². The molecule has 3 aromatic rings. The van der Waals surface area contributed by atoms with Crippen LogP contribution >= 0.6 is 11.8 Å². The quantitative estimate of drug-likeness (QED) is 0.455.